The van der Waals surface area contributed by atoms with Crippen molar-refractivity contribution in [2.45, 2.75) is 0 Å². The van der Waals surface area contributed by atoms with Crippen molar-refractivity contribution in [2.75, 3.05) is 17.7 Å². The van der Waals surface area contributed by atoms with E-state index in [9.17, 15) is 14.4 Å². The Morgan fingerprint density at radius 2 is 1.22 bits per heavy atom. The van der Waals surface area contributed by atoms with E-state index in [0.717, 1.165) is 0 Å². The summed E-state index contributed by atoms with van der Waals surface area (Å²) in [6.45, 7) is 0. The fourth-order valence-electron chi connectivity index (χ4n) is 2.74. The molecule has 0 bridgehead atoms. The average molecular weight is 469 g/mol. The minimum atomic E-state index is -0.667. The molecule has 3 rings (SSSR count). The highest BCUT2D eigenvalue weighted by Crippen LogP contribution is 2.24. The molecule has 3 aromatic rings. The zero-order valence-corrected chi connectivity index (χ0v) is 18.4. The number of halogens is 2. The van der Waals surface area contributed by atoms with Gasteiger partial charge in [0.15, 0.2) is 0 Å². The quantitative estimate of drug-likeness (QED) is 0.218. The second-order valence-electron chi connectivity index (χ2n) is 6.54. The molecule has 6 nitrogen and oxygen atoms in total. The number of ether oxygens (including phenoxy) is 1. The van der Waals surface area contributed by atoms with Crippen LogP contribution in [-0.4, -0.2) is 24.9 Å². The van der Waals surface area contributed by atoms with E-state index in [1.165, 1.54) is 25.3 Å². The number of esters is 1. The Kier molecular flexibility index (Phi) is 7.65. The Balaban J connectivity index is 1.94. The number of rotatable bonds is 6. The van der Waals surface area contributed by atoms with Crippen molar-refractivity contribution in [2.24, 2.45) is 0 Å². The van der Waals surface area contributed by atoms with Gasteiger partial charge >= 0.3 is 5.97 Å². The molecule has 0 aliphatic heterocycles. The van der Waals surface area contributed by atoms with Crippen molar-refractivity contribution in [3.8, 4) is 0 Å². The zero-order valence-electron chi connectivity index (χ0n) is 16.9. The van der Waals surface area contributed by atoms with Crippen LogP contribution in [0.4, 0.5) is 11.4 Å². The van der Waals surface area contributed by atoms with E-state index < -0.39 is 17.8 Å². The maximum absolute atomic E-state index is 13.0. The van der Waals surface area contributed by atoms with Crippen molar-refractivity contribution < 1.29 is 19.1 Å². The molecular weight excluding hydrogens is 451 g/mol. The van der Waals surface area contributed by atoms with Crippen LogP contribution < -0.4 is 10.6 Å². The Morgan fingerprint density at radius 3 is 1.66 bits per heavy atom. The van der Waals surface area contributed by atoms with Crippen molar-refractivity contribution in [1.82, 2.24) is 0 Å². The summed E-state index contributed by atoms with van der Waals surface area (Å²) in [7, 11) is 1.28. The molecule has 0 saturated carbocycles. The van der Waals surface area contributed by atoms with E-state index in [4.69, 9.17) is 23.2 Å². The predicted octanol–water partition coefficient (Wildman–Crippen LogP) is 5.44. The molecule has 0 fully saturated rings. The first-order valence-electron chi connectivity index (χ1n) is 9.41. The Labute approximate surface area is 194 Å². The number of methoxy groups -OCH3 is 1. The number of carbonyl (C=O) groups is 3. The molecule has 0 aliphatic rings. The van der Waals surface area contributed by atoms with Gasteiger partial charge in [-0.05, 0) is 48.0 Å². The zero-order chi connectivity index (χ0) is 23.1. The first-order chi connectivity index (χ1) is 15.4. The number of carbonyl (C=O) groups excluding carboxylic acids is 3. The second-order valence-corrected chi connectivity index (χ2v) is 7.35. The SMILES string of the molecule is COC(=O)c1ccc(C=C(C(=O)Nc2ccccc2Cl)C(=O)Nc2ccccc2Cl)cc1. The highest BCUT2D eigenvalue weighted by Gasteiger charge is 2.20. The lowest BCUT2D eigenvalue weighted by molar-refractivity contribution is -0.118. The van der Waals surface area contributed by atoms with Gasteiger partial charge in [0.2, 0.25) is 0 Å². The highest BCUT2D eigenvalue weighted by atomic mass is 35.5. The van der Waals surface area contributed by atoms with Crippen LogP contribution in [0.5, 0.6) is 0 Å². The van der Waals surface area contributed by atoms with Crippen LogP contribution in [0.3, 0.4) is 0 Å². The molecule has 2 N–H and O–H groups in total. The van der Waals surface area contributed by atoms with Crippen LogP contribution in [0.1, 0.15) is 15.9 Å². The van der Waals surface area contributed by atoms with Gasteiger partial charge in [0.1, 0.15) is 5.57 Å². The Morgan fingerprint density at radius 1 is 0.750 bits per heavy atom. The van der Waals surface area contributed by atoms with Gasteiger partial charge in [0.05, 0.1) is 34.1 Å². The average Bonchev–Trinajstić information content (AvgIpc) is 2.80. The normalized spacial score (nSPS) is 10.1. The van der Waals surface area contributed by atoms with Crippen molar-refractivity contribution in [1.29, 1.82) is 0 Å². The number of benzene rings is 3. The summed E-state index contributed by atoms with van der Waals surface area (Å²) >= 11 is 12.3. The summed E-state index contributed by atoms with van der Waals surface area (Å²) in [5.41, 5.74) is 1.40. The van der Waals surface area contributed by atoms with E-state index in [2.05, 4.69) is 15.4 Å². The monoisotopic (exact) mass is 468 g/mol. The topological polar surface area (TPSA) is 84.5 Å². The molecule has 162 valence electrons. The van der Waals surface area contributed by atoms with Crippen LogP contribution in [-0.2, 0) is 14.3 Å². The van der Waals surface area contributed by atoms with E-state index >= 15 is 0 Å². The van der Waals surface area contributed by atoms with Gasteiger partial charge in [-0.1, -0.05) is 59.6 Å². The molecule has 0 heterocycles. The Hall–Kier alpha value is -3.61. The summed E-state index contributed by atoms with van der Waals surface area (Å²) in [6, 6.07) is 19.6. The third kappa shape index (κ3) is 5.75. The molecule has 0 aliphatic carbocycles. The predicted molar refractivity (Wildman–Crippen MR) is 126 cm³/mol. The second kappa shape index (κ2) is 10.6. The molecule has 0 radical (unpaired) electrons. The van der Waals surface area contributed by atoms with Crippen molar-refractivity contribution in [3.63, 3.8) is 0 Å². The minimum absolute atomic E-state index is 0.185. The summed E-state index contributed by atoms with van der Waals surface area (Å²) < 4.78 is 4.68. The van der Waals surface area contributed by atoms with Crippen LogP contribution in [0.25, 0.3) is 6.08 Å². The first-order valence-corrected chi connectivity index (χ1v) is 10.2. The third-order valence-electron chi connectivity index (χ3n) is 4.38. The Bertz CT molecular complexity index is 1130. The number of hydrogen-bond acceptors (Lipinski definition) is 4. The molecule has 2 amide bonds. The summed E-state index contributed by atoms with van der Waals surface area (Å²) in [4.78, 5) is 37.6. The van der Waals surface area contributed by atoms with Crippen molar-refractivity contribution in [3.05, 3.63) is 99.5 Å². The first kappa shape index (κ1) is 23.1. The lowest BCUT2D eigenvalue weighted by Crippen LogP contribution is -2.25. The minimum Gasteiger partial charge on any atom is -0.465 e. The van der Waals surface area contributed by atoms with E-state index in [1.807, 2.05) is 0 Å². The number of para-hydroxylation sites is 2. The van der Waals surface area contributed by atoms with Gasteiger partial charge in [-0.15, -0.1) is 0 Å². The van der Waals surface area contributed by atoms with Crippen LogP contribution >= 0.6 is 23.2 Å². The molecule has 8 heteroatoms. The van der Waals surface area contributed by atoms with Gasteiger partial charge in [0.25, 0.3) is 11.8 Å². The highest BCUT2D eigenvalue weighted by molar-refractivity contribution is 6.36. The maximum atomic E-state index is 13.0. The van der Waals surface area contributed by atoms with E-state index in [-0.39, 0.29) is 5.57 Å². The standard InChI is InChI=1S/C24H18Cl2N2O4/c1-32-24(31)16-12-10-15(11-13-16)14-17(22(29)27-20-8-4-2-6-18(20)25)23(30)28-21-9-5-3-7-19(21)26/h2-14H,1H3,(H,27,29)(H,28,30). The fraction of sp³-hybridized carbons (Fsp3) is 0.0417. The van der Waals surface area contributed by atoms with Crippen LogP contribution in [0.15, 0.2) is 78.4 Å². The van der Waals surface area contributed by atoms with E-state index in [1.54, 1.807) is 60.7 Å². The number of amides is 2. The summed E-state index contributed by atoms with van der Waals surface area (Å²) in [6.07, 6.45) is 1.40. The third-order valence-corrected chi connectivity index (χ3v) is 5.04. The molecule has 0 saturated heterocycles. The molecule has 32 heavy (non-hydrogen) atoms. The molecule has 0 aromatic heterocycles. The molecule has 0 spiro atoms. The van der Waals surface area contributed by atoms with E-state index in [0.29, 0.717) is 32.5 Å². The maximum Gasteiger partial charge on any atom is 0.337 e. The van der Waals surface area contributed by atoms with Gasteiger partial charge in [-0.3, -0.25) is 9.59 Å². The van der Waals surface area contributed by atoms with Gasteiger partial charge in [0, 0.05) is 0 Å². The largest absolute Gasteiger partial charge is 0.465 e. The molecular formula is C24H18Cl2N2O4. The molecule has 3 aromatic carbocycles. The van der Waals surface area contributed by atoms with Gasteiger partial charge in [-0.25, -0.2) is 4.79 Å². The molecule has 0 atom stereocenters. The summed E-state index contributed by atoms with van der Waals surface area (Å²) in [5.74, 6) is -1.83. The van der Waals surface area contributed by atoms with Crippen LogP contribution in [0.2, 0.25) is 10.0 Å². The van der Waals surface area contributed by atoms with Gasteiger partial charge < -0.3 is 15.4 Å². The molecule has 0 unspecified atom stereocenters. The van der Waals surface area contributed by atoms with Crippen molar-refractivity contribution >= 4 is 58.4 Å². The lowest BCUT2D eigenvalue weighted by atomic mass is 10.1. The van der Waals surface area contributed by atoms with Gasteiger partial charge in [-0.2, -0.15) is 0 Å². The summed E-state index contributed by atoms with van der Waals surface area (Å²) in [5, 5.41) is 5.94. The smallest absolute Gasteiger partial charge is 0.337 e. The lowest BCUT2D eigenvalue weighted by Gasteiger charge is -2.12. The van der Waals surface area contributed by atoms with Crippen LogP contribution in [0, 0.1) is 0 Å². The fourth-order valence-corrected chi connectivity index (χ4v) is 3.10. The number of anilines is 2. The number of nitrogens with one attached hydrogen (secondary N) is 2. The number of hydrogen-bond donors (Lipinski definition) is 2.